The molecule has 0 amide bonds. The summed E-state index contributed by atoms with van der Waals surface area (Å²) in [6.45, 7) is 3.01. The maximum absolute atomic E-state index is 15.0. The third-order valence-electron chi connectivity index (χ3n) is 4.75. The fraction of sp³-hybridized carbons (Fsp3) is 0.316. The Bertz CT molecular complexity index is 946. The predicted molar refractivity (Wildman–Crippen MR) is 86.0 cm³/mol. The zero-order valence-electron chi connectivity index (χ0n) is 13.4. The fourth-order valence-corrected chi connectivity index (χ4v) is 4.63. The van der Waals surface area contributed by atoms with Gasteiger partial charge in [0.2, 0.25) is 0 Å². The topological polar surface area (TPSA) is 8.81 Å². The second kappa shape index (κ2) is 6.05. The molecule has 24 heavy (non-hydrogen) atoms. The molecule has 0 radical (unpaired) electrons. The Morgan fingerprint density at radius 3 is 2.67 bits per heavy atom. The van der Waals surface area contributed by atoms with Gasteiger partial charge in [0.1, 0.15) is 0 Å². The number of para-hydroxylation sites is 1. The first-order valence-corrected chi connectivity index (χ1v) is 9.42. The van der Waals surface area contributed by atoms with Crippen LogP contribution in [0.25, 0.3) is 33.5 Å². The zero-order valence-corrected chi connectivity index (χ0v) is 15.8. The van der Waals surface area contributed by atoms with Crippen molar-refractivity contribution in [2.24, 2.45) is 0 Å². The molecule has 2 heterocycles. The van der Waals surface area contributed by atoms with Crippen LogP contribution in [0.2, 0.25) is 0 Å². The van der Waals surface area contributed by atoms with Crippen molar-refractivity contribution in [1.82, 2.24) is 4.57 Å². The van der Waals surface area contributed by atoms with Crippen LogP contribution in [0.1, 0.15) is 32.6 Å². The summed E-state index contributed by atoms with van der Waals surface area (Å²) in [5, 5.41) is 0. The van der Waals surface area contributed by atoms with Crippen molar-refractivity contribution in [3.63, 3.8) is 0 Å². The van der Waals surface area contributed by atoms with E-state index >= 15 is 4.39 Å². The molecule has 0 atom stereocenters. The van der Waals surface area contributed by atoms with Crippen molar-refractivity contribution in [2.75, 3.05) is 0 Å². The number of aryl methyl sites for hydroxylation is 1. The summed E-state index contributed by atoms with van der Waals surface area (Å²) >= 11 is 1.96. The number of rotatable bonds is 5. The molecular weight excluding hydrogens is 486 g/mol. The van der Waals surface area contributed by atoms with Crippen LogP contribution >= 0.6 is 0 Å². The van der Waals surface area contributed by atoms with E-state index in [1.807, 2.05) is 40.6 Å². The molecule has 0 N–H and O–H groups in total. The molecule has 0 spiro atoms. The van der Waals surface area contributed by atoms with Crippen molar-refractivity contribution in [3.8, 4) is 22.5 Å². The predicted octanol–water partition coefficient (Wildman–Crippen LogP) is 4.74. The Labute approximate surface area is 150 Å². The third kappa shape index (κ3) is 2.18. The van der Waals surface area contributed by atoms with Gasteiger partial charge >= 0.3 is 150 Å². The number of fused-ring (bicyclic) bond motifs is 5. The van der Waals surface area contributed by atoms with Crippen molar-refractivity contribution in [1.29, 1.82) is 0 Å². The molecule has 4 bridgehead atoms. The molecular formula is C19H18F2IrN2+. The van der Waals surface area contributed by atoms with E-state index in [0.29, 0.717) is 11.1 Å². The van der Waals surface area contributed by atoms with E-state index in [4.69, 9.17) is 0 Å². The van der Waals surface area contributed by atoms with Crippen molar-refractivity contribution in [2.45, 2.75) is 39.2 Å². The molecule has 2 aromatic carbocycles. The van der Waals surface area contributed by atoms with Crippen LogP contribution in [0.5, 0.6) is 0 Å². The maximum atomic E-state index is 15.0. The number of halogens is 2. The Kier molecular flexibility index (Phi) is 4.01. The number of hydrogen-bond donors (Lipinski definition) is 0. The van der Waals surface area contributed by atoms with Gasteiger partial charge in [-0.1, -0.05) is 0 Å². The SMILES string of the molecule is CCCCCCn1c2[n+]([Ir])c3cccc(c31)-c1c(F)ccc-2c1F. The molecule has 2 nitrogen and oxygen atoms in total. The molecule has 0 saturated carbocycles. The van der Waals surface area contributed by atoms with Crippen LogP contribution in [0, 0.1) is 11.6 Å². The van der Waals surface area contributed by atoms with Crippen LogP contribution in [0.3, 0.4) is 0 Å². The summed E-state index contributed by atoms with van der Waals surface area (Å²) in [5.41, 5.74) is 3.19. The van der Waals surface area contributed by atoms with Gasteiger partial charge < -0.3 is 0 Å². The van der Waals surface area contributed by atoms with Gasteiger partial charge in [-0.15, -0.1) is 0 Å². The Hall–Kier alpha value is -1.58. The average molecular weight is 505 g/mol. The Morgan fingerprint density at radius 1 is 1.04 bits per heavy atom. The first kappa shape index (κ1) is 15.9. The van der Waals surface area contributed by atoms with Crippen LogP contribution < -0.4 is 3.24 Å². The number of benzene rings is 2. The monoisotopic (exact) mass is 505 g/mol. The van der Waals surface area contributed by atoms with Crippen LogP contribution in [0.15, 0.2) is 30.3 Å². The first-order chi connectivity index (χ1) is 11.6. The first-order valence-electron chi connectivity index (χ1n) is 8.35. The summed E-state index contributed by atoms with van der Waals surface area (Å²) in [4.78, 5) is 0. The van der Waals surface area contributed by atoms with Gasteiger partial charge in [-0.25, -0.2) is 0 Å². The van der Waals surface area contributed by atoms with E-state index in [2.05, 4.69) is 11.5 Å². The molecule has 5 heteroatoms. The second-order valence-electron chi connectivity index (χ2n) is 6.25. The van der Waals surface area contributed by atoms with E-state index in [9.17, 15) is 4.39 Å². The van der Waals surface area contributed by atoms with Gasteiger partial charge in [0.15, 0.2) is 0 Å². The van der Waals surface area contributed by atoms with Gasteiger partial charge in [0, 0.05) is 0 Å². The molecule has 3 aromatic rings. The van der Waals surface area contributed by atoms with E-state index in [-0.39, 0.29) is 5.56 Å². The van der Waals surface area contributed by atoms with Crippen molar-refractivity contribution >= 4 is 11.0 Å². The van der Waals surface area contributed by atoms with E-state index in [0.717, 1.165) is 36.2 Å². The quantitative estimate of drug-likeness (QED) is 0.347. The Morgan fingerprint density at radius 2 is 1.88 bits per heavy atom. The average Bonchev–Trinajstić information content (AvgIpc) is 2.82. The molecule has 1 aliphatic heterocycles. The van der Waals surface area contributed by atoms with Crippen LogP contribution in [-0.2, 0) is 25.7 Å². The zero-order chi connectivity index (χ0) is 16.8. The third-order valence-corrected chi connectivity index (χ3v) is 5.84. The fourth-order valence-electron chi connectivity index (χ4n) is 3.62. The summed E-state index contributed by atoms with van der Waals surface area (Å²) in [5.74, 6) is -0.123. The van der Waals surface area contributed by atoms with Crippen molar-refractivity contribution in [3.05, 3.63) is 42.0 Å². The van der Waals surface area contributed by atoms with Gasteiger partial charge in [0.25, 0.3) is 0 Å². The molecule has 0 saturated heterocycles. The molecule has 0 unspecified atom stereocenters. The summed E-state index contributed by atoms with van der Waals surface area (Å²) < 4.78 is 33.6. The molecule has 0 fully saturated rings. The molecule has 1 aliphatic rings. The van der Waals surface area contributed by atoms with Gasteiger partial charge in [-0.05, 0) is 0 Å². The second-order valence-corrected chi connectivity index (χ2v) is 7.33. The molecule has 126 valence electrons. The van der Waals surface area contributed by atoms with Gasteiger partial charge in [0.05, 0.1) is 0 Å². The molecule has 0 aliphatic carbocycles. The summed E-state index contributed by atoms with van der Waals surface area (Å²) in [6.07, 6.45) is 4.57. The normalized spacial score (nSPS) is 12.2. The van der Waals surface area contributed by atoms with Crippen LogP contribution in [-0.4, -0.2) is 4.57 Å². The molecule has 1 aromatic heterocycles. The number of unbranched alkanes of at least 4 members (excludes halogenated alkanes) is 3. The van der Waals surface area contributed by atoms with E-state index in [1.165, 1.54) is 18.9 Å². The Balaban J connectivity index is 1.99. The van der Waals surface area contributed by atoms with E-state index < -0.39 is 11.6 Å². The minimum atomic E-state index is -0.494. The van der Waals surface area contributed by atoms with Gasteiger partial charge in [-0.2, -0.15) is 0 Å². The number of nitrogens with zero attached hydrogens (tertiary/aromatic N) is 2. The summed E-state index contributed by atoms with van der Waals surface area (Å²) in [6, 6.07) is 8.66. The standard InChI is InChI=1S/C19H18F2N2.Ir/c1-2-3-4-5-11-23-18-12-7-6-8-15(18)22-19(23)13-9-10-14(20)16(12)17(13)21;/h6-10H,2-5,11H2,1H3;/q;+1. The van der Waals surface area contributed by atoms with E-state index in [1.54, 1.807) is 6.07 Å². The molecule has 4 rings (SSSR count). The number of hydrogen-bond acceptors (Lipinski definition) is 0. The van der Waals surface area contributed by atoms with Crippen LogP contribution in [0.4, 0.5) is 8.78 Å². The summed E-state index contributed by atoms with van der Waals surface area (Å²) in [7, 11) is 0. The number of imidazole rings is 1. The van der Waals surface area contributed by atoms with Crippen molar-refractivity contribution < 1.29 is 31.2 Å². The van der Waals surface area contributed by atoms with Gasteiger partial charge in [-0.3, -0.25) is 0 Å². The number of aromatic nitrogens is 2. The minimum absolute atomic E-state index is 0.103.